The first-order chi connectivity index (χ1) is 9.65. The van der Waals surface area contributed by atoms with Crippen molar-refractivity contribution < 1.29 is 4.79 Å². The SMILES string of the molecule is CC1CN(CC(=O)NCCc2ccccc2)CCC1N. The summed E-state index contributed by atoms with van der Waals surface area (Å²) in [5.41, 5.74) is 7.24. The van der Waals surface area contributed by atoms with E-state index < -0.39 is 0 Å². The summed E-state index contributed by atoms with van der Waals surface area (Å²) in [6, 6.07) is 10.5. The van der Waals surface area contributed by atoms with Crippen LogP contribution in [0.2, 0.25) is 0 Å². The molecule has 1 heterocycles. The Bertz CT molecular complexity index is 421. The van der Waals surface area contributed by atoms with Gasteiger partial charge in [0.1, 0.15) is 0 Å². The molecule has 0 aliphatic carbocycles. The third-order valence-electron chi connectivity index (χ3n) is 4.00. The number of nitrogens with two attached hydrogens (primary N) is 1. The van der Waals surface area contributed by atoms with E-state index in [-0.39, 0.29) is 11.9 Å². The molecule has 110 valence electrons. The molecule has 4 heteroatoms. The summed E-state index contributed by atoms with van der Waals surface area (Å²) in [6.45, 7) is 5.20. The Hall–Kier alpha value is -1.39. The first-order valence-corrected chi connectivity index (χ1v) is 7.43. The van der Waals surface area contributed by atoms with Crippen molar-refractivity contribution in [1.29, 1.82) is 0 Å². The van der Waals surface area contributed by atoms with Gasteiger partial charge < -0.3 is 11.1 Å². The van der Waals surface area contributed by atoms with E-state index in [0.29, 0.717) is 19.0 Å². The molecule has 3 N–H and O–H groups in total. The highest BCUT2D eigenvalue weighted by molar-refractivity contribution is 5.78. The standard InChI is InChI=1S/C16H25N3O/c1-13-11-19(10-8-15(13)17)12-16(20)18-9-7-14-5-3-2-4-6-14/h2-6,13,15H,7-12,17H2,1H3,(H,18,20). The average Bonchev–Trinajstić information content (AvgIpc) is 2.44. The maximum absolute atomic E-state index is 11.9. The highest BCUT2D eigenvalue weighted by atomic mass is 16.2. The highest BCUT2D eigenvalue weighted by Gasteiger charge is 2.24. The highest BCUT2D eigenvalue weighted by Crippen LogP contribution is 2.14. The molecule has 0 radical (unpaired) electrons. The maximum atomic E-state index is 11.9. The number of carbonyl (C=O) groups excluding carboxylic acids is 1. The van der Waals surface area contributed by atoms with Crippen molar-refractivity contribution in [2.75, 3.05) is 26.2 Å². The predicted molar refractivity (Wildman–Crippen MR) is 81.4 cm³/mol. The van der Waals surface area contributed by atoms with Crippen LogP contribution in [0.4, 0.5) is 0 Å². The fraction of sp³-hybridized carbons (Fsp3) is 0.562. The van der Waals surface area contributed by atoms with Crippen LogP contribution in [0.1, 0.15) is 18.9 Å². The number of piperidine rings is 1. The van der Waals surface area contributed by atoms with Crippen LogP contribution in [0.5, 0.6) is 0 Å². The Morgan fingerprint density at radius 2 is 2.15 bits per heavy atom. The molecule has 0 saturated carbocycles. The summed E-state index contributed by atoms with van der Waals surface area (Å²) >= 11 is 0. The number of likely N-dealkylation sites (tertiary alicyclic amines) is 1. The topological polar surface area (TPSA) is 58.4 Å². The summed E-state index contributed by atoms with van der Waals surface area (Å²) < 4.78 is 0. The first-order valence-electron chi connectivity index (χ1n) is 7.43. The van der Waals surface area contributed by atoms with Crippen molar-refractivity contribution in [3.05, 3.63) is 35.9 Å². The Balaban J connectivity index is 1.66. The molecule has 1 aliphatic rings. The zero-order valence-electron chi connectivity index (χ0n) is 12.2. The van der Waals surface area contributed by atoms with Crippen molar-refractivity contribution in [3.63, 3.8) is 0 Å². The van der Waals surface area contributed by atoms with Crippen molar-refractivity contribution >= 4 is 5.91 Å². The zero-order valence-corrected chi connectivity index (χ0v) is 12.2. The van der Waals surface area contributed by atoms with Crippen LogP contribution >= 0.6 is 0 Å². The summed E-state index contributed by atoms with van der Waals surface area (Å²) in [4.78, 5) is 14.1. The van der Waals surface area contributed by atoms with E-state index in [4.69, 9.17) is 5.73 Å². The van der Waals surface area contributed by atoms with Crippen LogP contribution in [0.25, 0.3) is 0 Å². The van der Waals surface area contributed by atoms with Gasteiger partial charge in [-0.25, -0.2) is 0 Å². The van der Waals surface area contributed by atoms with E-state index in [0.717, 1.165) is 25.9 Å². The maximum Gasteiger partial charge on any atom is 0.234 e. The van der Waals surface area contributed by atoms with Crippen molar-refractivity contribution in [2.24, 2.45) is 11.7 Å². The van der Waals surface area contributed by atoms with Crippen LogP contribution < -0.4 is 11.1 Å². The van der Waals surface area contributed by atoms with Gasteiger partial charge in [0.05, 0.1) is 6.54 Å². The summed E-state index contributed by atoms with van der Waals surface area (Å²) in [7, 11) is 0. The monoisotopic (exact) mass is 275 g/mol. The van der Waals surface area contributed by atoms with Crippen LogP contribution in [0, 0.1) is 5.92 Å². The second-order valence-corrected chi connectivity index (χ2v) is 5.75. The number of rotatable bonds is 5. The number of hydrogen-bond acceptors (Lipinski definition) is 3. The van der Waals surface area contributed by atoms with Crippen LogP contribution in [-0.4, -0.2) is 43.0 Å². The largest absolute Gasteiger partial charge is 0.355 e. The number of nitrogens with one attached hydrogen (secondary N) is 1. The van der Waals surface area contributed by atoms with Gasteiger partial charge in [-0.1, -0.05) is 37.3 Å². The molecule has 0 bridgehead atoms. The average molecular weight is 275 g/mol. The quantitative estimate of drug-likeness (QED) is 0.843. The number of nitrogens with zero attached hydrogens (tertiary/aromatic N) is 1. The van der Waals surface area contributed by atoms with Crippen molar-refractivity contribution in [3.8, 4) is 0 Å². The van der Waals surface area contributed by atoms with E-state index in [1.54, 1.807) is 0 Å². The summed E-state index contributed by atoms with van der Waals surface area (Å²) in [5, 5.41) is 2.99. The van der Waals surface area contributed by atoms with Gasteiger partial charge in [0, 0.05) is 25.7 Å². The zero-order chi connectivity index (χ0) is 14.4. The molecule has 1 aromatic carbocycles. The molecule has 20 heavy (non-hydrogen) atoms. The van der Waals surface area contributed by atoms with E-state index in [1.807, 2.05) is 18.2 Å². The number of carbonyl (C=O) groups is 1. The molecule has 1 aliphatic heterocycles. The normalized spacial score (nSPS) is 23.5. The van der Waals surface area contributed by atoms with E-state index >= 15 is 0 Å². The van der Waals surface area contributed by atoms with Gasteiger partial charge >= 0.3 is 0 Å². The Kier molecular flexibility index (Phi) is 5.56. The molecule has 0 spiro atoms. The van der Waals surface area contributed by atoms with Gasteiger partial charge in [0.15, 0.2) is 0 Å². The van der Waals surface area contributed by atoms with Crippen LogP contribution in [0.15, 0.2) is 30.3 Å². The van der Waals surface area contributed by atoms with Gasteiger partial charge in [-0.3, -0.25) is 9.69 Å². The second kappa shape index (κ2) is 7.41. The Morgan fingerprint density at radius 3 is 2.85 bits per heavy atom. The minimum atomic E-state index is 0.114. The number of hydrogen-bond donors (Lipinski definition) is 2. The minimum absolute atomic E-state index is 0.114. The summed E-state index contributed by atoms with van der Waals surface area (Å²) in [6.07, 6.45) is 1.87. The van der Waals surface area contributed by atoms with Gasteiger partial charge in [0.25, 0.3) is 0 Å². The second-order valence-electron chi connectivity index (χ2n) is 5.75. The number of benzene rings is 1. The van der Waals surface area contributed by atoms with E-state index in [2.05, 4.69) is 29.3 Å². The molecular formula is C16H25N3O. The van der Waals surface area contributed by atoms with E-state index in [1.165, 1.54) is 5.56 Å². The molecule has 1 amide bonds. The molecule has 1 aromatic rings. The fourth-order valence-electron chi connectivity index (χ4n) is 2.64. The molecular weight excluding hydrogens is 250 g/mol. The minimum Gasteiger partial charge on any atom is -0.355 e. The molecule has 1 saturated heterocycles. The molecule has 4 nitrogen and oxygen atoms in total. The third kappa shape index (κ3) is 4.62. The molecule has 1 fully saturated rings. The lowest BCUT2D eigenvalue weighted by Crippen LogP contribution is -2.49. The molecule has 2 atom stereocenters. The van der Waals surface area contributed by atoms with Gasteiger partial charge in [0.2, 0.25) is 5.91 Å². The van der Waals surface area contributed by atoms with Gasteiger partial charge in [-0.15, -0.1) is 0 Å². The van der Waals surface area contributed by atoms with Crippen LogP contribution in [0.3, 0.4) is 0 Å². The smallest absolute Gasteiger partial charge is 0.234 e. The third-order valence-corrected chi connectivity index (χ3v) is 4.00. The Labute approximate surface area is 121 Å². The molecule has 2 unspecified atom stereocenters. The van der Waals surface area contributed by atoms with Crippen molar-refractivity contribution in [1.82, 2.24) is 10.2 Å². The number of amides is 1. The fourth-order valence-corrected chi connectivity index (χ4v) is 2.64. The van der Waals surface area contributed by atoms with E-state index in [9.17, 15) is 4.79 Å². The molecule has 2 rings (SSSR count). The van der Waals surface area contributed by atoms with Crippen LogP contribution in [-0.2, 0) is 11.2 Å². The van der Waals surface area contributed by atoms with Crippen molar-refractivity contribution in [2.45, 2.75) is 25.8 Å². The first kappa shape index (κ1) is 15.0. The van der Waals surface area contributed by atoms with Gasteiger partial charge in [-0.05, 0) is 24.3 Å². The lowest BCUT2D eigenvalue weighted by molar-refractivity contribution is -0.122. The summed E-state index contributed by atoms with van der Waals surface area (Å²) in [5.74, 6) is 0.587. The molecule has 0 aromatic heterocycles. The van der Waals surface area contributed by atoms with Gasteiger partial charge in [-0.2, -0.15) is 0 Å². The Morgan fingerprint density at radius 1 is 1.40 bits per heavy atom. The lowest BCUT2D eigenvalue weighted by Gasteiger charge is -2.34. The predicted octanol–water partition coefficient (Wildman–Crippen LogP) is 1.01. The lowest BCUT2D eigenvalue weighted by atomic mass is 9.95.